The van der Waals surface area contributed by atoms with Crippen LogP contribution in [-0.4, -0.2) is 17.2 Å². The minimum Gasteiger partial charge on any atom is -0.362 e. The van der Waals surface area contributed by atoms with Crippen molar-refractivity contribution in [3.05, 3.63) is 24.1 Å². The van der Waals surface area contributed by atoms with Crippen molar-refractivity contribution in [3.8, 4) is 0 Å². The molecule has 0 aromatic carbocycles. The predicted molar refractivity (Wildman–Crippen MR) is 50.4 cm³/mol. The fraction of sp³-hybridized carbons (Fsp3) is 0.500. The van der Waals surface area contributed by atoms with Crippen molar-refractivity contribution >= 4 is 5.82 Å². The van der Waals surface area contributed by atoms with Crippen LogP contribution in [0.3, 0.4) is 0 Å². The summed E-state index contributed by atoms with van der Waals surface area (Å²) >= 11 is 0. The standard InChI is InChI=1S/C10H12F2N2/c11-7-3-1-5-9(7)14-10-8(12)4-2-6-13-10/h2,4,6-7,9H,1,3,5H2,(H,13,14). The summed E-state index contributed by atoms with van der Waals surface area (Å²) in [5.41, 5.74) is 0. The number of hydrogen-bond acceptors (Lipinski definition) is 2. The van der Waals surface area contributed by atoms with Gasteiger partial charge in [-0.15, -0.1) is 0 Å². The molecular formula is C10H12F2N2. The van der Waals surface area contributed by atoms with Gasteiger partial charge in [0.2, 0.25) is 0 Å². The van der Waals surface area contributed by atoms with Gasteiger partial charge < -0.3 is 5.32 Å². The number of rotatable bonds is 2. The predicted octanol–water partition coefficient (Wildman–Crippen LogP) is 2.52. The topological polar surface area (TPSA) is 24.9 Å². The molecule has 2 rings (SSSR count). The van der Waals surface area contributed by atoms with E-state index >= 15 is 0 Å². The van der Waals surface area contributed by atoms with Crippen molar-refractivity contribution in [3.63, 3.8) is 0 Å². The second-order valence-electron chi connectivity index (χ2n) is 3.53. The minimum atomic E-state index is -0.878. The van der Waals surface area contributed by atoms with Crippen LogP contribution >= 0.6 is 0 Å². The summed E-state index contributed by atoms with van der Waals surface area (Å²) < 4.78 is 26.3. The van der Waals surface area contributed by atoms with Crippen LogP contribution in [0, 0.1) is 5.82 Å². The van der Waals surface area contributed by atoms with E-state index in [9.17, 15) is 8.78 Å². The summed E-state index contributed by atoms with van der Waals surface area (Å²) in [6, 6.07) is 2.55. The van der Waals surface area contributed by atoms with E-state index in [1.807, 2.05) is 0 Å². The maximum absolute atomic E-state index is 13.2. The summed E-state index contributed by atoms with van der Waals surface area (Å²) in [7, 11) is 0. The van der Waals surface area contributed by atoms with E-state index in [1.54, 1.807) is 0 Å². The number of halogens is 2. The zero-order valence-corrected chi connectivity index (χ0v) is 7.71. The van der Waals surface area contributed by atoms with Gasteiger partial charge in [-0.25, -0.2) is 13.8 Å². The Morgan fingerprint density at radius 1 is 1.43 bits per heavy atom. The van der Waals surface area contributed by atoms with Crippen molar-refractivity contribution in [1.29, 1.82) is 0 Å². The highest BCUT2D eigenvalue weighted by Gasteiger charge is 2.27. The van der Waals surface area contributed by atoms with Gasteiger partial charge in [0.05, 0.1) is 6.04 Å². The van der Waals surface area contributed by atoms with Gasteiger partial charge in [0.1, 0.15) is 6.17 Å². The Kier molecular flexibility index (Phi) is 2.61. The molecule has 0 radical (unpaired) electrons. The van der Waals surface area contributed by atoms with Crippen molar-refractivity contribution < 1.29 is 8.78 Å². The molecule has 0 saturated heterocycles. The third-order valence-corrected chi connectivity index (χ3v) is 2.51. The highest BCUT2D eigenvalue weighted by molar-refractivity contribution is 5.37. The van der Waals surface area contributed by atoms with Crippen molar-refractivity contribution in [2.45, 2.75) is 31.5 Å². The lowest BCUT2D eigenvalue weighted by Gasteiger charge is -2.15. The Hall–Kier alpha value is -1.19. The van der Waals surface area contributed by atoms with E-state index in [0.717, 1.165) is 12.8 Å². The lowest BCUT2D eigenvalue weighted by molar-refractivity contribution is 0.323. The fourth-order valence-corrected chi connectivity index (χ4v) is 1.74. The molecule has 1 fully saturated rings. The number of hydrogen-bond donors (Lipinski definition) is 1. The van der Waals surface area contributed by atoms with Crippen LogP contribution < -0.4 is 5.32 Å². The summed E-state index contributed by atoms with van der Waals surface area (Å²) in [6.45, 7) is 0. The molecule has 1 heterocycles. The van der Waals surface area contributed by atoms with Crippen LogP contribution in [0.2, 0.25) is 0 Å². The zero-order valence-electron chi connectivity index (χ0n) is 7.71. The van der Waals surface area contributed by atoms with Gasteiger partial charge in [0.15, 0.2) is 11.6 Å². The second kappa shape index (κ2) is 3.90. The number of aromatic nitrogens is 1. The zero-order chi connectivity index (χ0) is 9.97. The first-order valence-corrected chi connectivity index (χ1v) is 4.78. The van der Waals surface area contributed by atoms with Crippen LogP contribution in [0.4, 0.5) is 14.6 Å². The SMILES string of the molecule is Fc1cccnc1NC1CCCC1F. The maximum Gasteiger partial charge on any atom is 0.165 e. The maximum atomic E-state index is 13.2. The molecule has 0 spiro atoms. The van der Waals surface area contributed by atoms with E-state index in [1.165, 1.54) is 18.3 Å². The Bertz CT molecular complexity index is 317. The minimum absolute atomic E-state index is 0.155. The quantitative estimate of drug-likeness (QED) is 0.789. The molecule has 1 aromatic heterocycles. The van der Waals surface area contributed by atoms with Crippen molar-refractivity contribution in [2.75, 3.05) is 5.32 Å². The highest BCUT2D eigenvalue weighted by atomic mass is 19.1. The molecule has 1 saturated carbocycles. The molecule has 76 valence electrons. The van der Waals surface area contributed by atoms with Gasteiger partial charge in [0.25, 0.3) is 0 Å². The van der Waals surface area contributed by atoms with E-state index in [2.05, 4.69) is 10.3 Å². The van der Waals surface area contributed by atoms with E-state index < -0.39 is 12.0 Å². The molecular weight excluding hydrogens is 186 g/mol. The molecule has 1 N–H and O–H groups in total. The average molecular weight is 198 g/mol. The number of anilines is 1. The molecule has 14 heavy (non-hydrogen) atoms. The van der Waals surface area contributed by atoms with E-state index in [-0.39, 0.29) is 11.9 Å². The molecule has 0 aliphatic heterocycles. The summed E-state index contributed by atoms with van der Waals surface area (Å²) in [4.78, 5) is 3.82. The lowest BCUT2D eigenvalue weighted by atomic mass is 10.2. The first kappa shape index (κ1) is 9.37. The normalized spacial score (nSPS) is 26.4. The molecule has 4 heteroatoms. The summed E-state index contributed by atoms with van der Waals surface area (Å²) in [5, 5.41) is 2.80. The van der Waals surface area contributed by atoms with Gasteiger partial charge in [-0.2, -0.15) is 0 Å². The molecule has 2 nitrogen and oxygen atoms in total. The van der Waals surface area contributed by atoms with Gasteiger partial charge in [0, 0.05) is 6.20 Å². The first-order valence-electron chi connectivity index (χ1n) is 4.78. The molecule has 0 amide bonds. The molecule has 2 atom stereocenters. The smallest absolute Gasteiger partial charge is 0.165 e. The number of pyridine rings is 1. The van der Waals surface area contributed by atoms with Crippen LogP contribution in [-0.2, 0) is 0 Å². The van der Waals surface area contributed by atoms with Gasteiger partial charge in [-0.05, 0) is 31.4 Å². The molecule has 0 bridgehead atoms. The molecule has 1 aliphatic rings. The monoisotopic (exact) mass is 198 g/mol. The van der Waals surface area contributed by atoms with Crippen molar-refractivity contribution in [1.82, 2.24) is 4.98 Å². The Morgan fingerprint density at radius 2 is 2.29 bits per heavy atom. The third-order valence-electron chi connectivity index (χ3n) is 2.51. The number of nitrogens with zero attached hydrogens (tertiary/aromatic N) is 1. The average Bonchev–Trinajstić information content (AvgIpc) is 2.56. The van der Waals surface area contributed by atoms with Gasteiger partial charge in [-0.1, -0.05) is 0 Å². The van der Waals surface area contributed by atoms with E-state index in [4.69, 9.17) is 0 Å². The summed E-state index contributed by atoms with van der Waals surface area (Å²) in [6.07, 6.45) is 2.78. The van der Waals surface area contributed by atoms with Gasteiger partial charge >= 0.3 is 0 Å². The van der Waals surface area contributed by atoms with Crippen LogP contribution in [0.25, 0.3) is 0 Å². The van der Waals surface area contributed by atoms with Gasteiger partial charge in [-0.3, -0.25) is 0 Å². The third kappa shape index (κ3) is 1.84. The molecule has 1 aromatic rings. The summed E-state index contributed by atoms with van der Waals surface area (Å²) in [5.74, 6) is -0.270. The van der Waals surface area contributed by atoms with Crippen LogP contribution in [0.5, 0.6) is 0 Å². The Morgan fingerprint density at radius 3 is 2.93 bits per heavy atom. The first-order chi connectivity index (χ1) is 6.77. The van der Waals surface area contributed by atoms with Crippen LogP contribution in [0.15, 0.2) is 18.3 Å². The van der Waals surface area contributed by atoms with Crippen molar-refractivity contribution in [2.24, 2.45) is 0 Å². The fourth-order valence-electron chi connectivity index (χ4n) is 1.74. The number of nitrogens with one attached hydrogen (secondary N) is 1. The Labute approximate surface area is 81.4 Å². The van der Waals surface area contributed by atoms with E-state index in [0.29, 0.717) is 6.42 Å². The lowest BCUT2D eigenvalue weighted by Crippen LogP contribution is -2.25. The largest absolute Gasteiger partial charge is 0.362 e. The van der Waals surface area contributed by atoms with Crippen LogP contribution in [0.1, 0.15) is 19.3 Å². The molecule has 2 unspecified atom stereocenters. The highest BCUT2D eigenvalue weighted by Crippen LogP contribution is 2.25. The number of alkyl halides is 1. The second-order valence-corrected chi connectivity index (χ2v) is 3.53. The Balaban J connectivity index is 2.07. The molecule has 1 aliphatic carbocycles.